The Labute approximate surface area is 104 Å². The molecule has 0 bridgehead atoms. The summed E-state index contributed by atoms with van der Waals surface area (Å²) in [5, 5.41) is 0. The van der Waals surface area contributed by atoms with Crippen LogP contribution in [-0.4, -0.2) is 20.2 Å². The van der Waals surface area contributed by atoms with Gasteiger partial charge >= 0.3 is 0 Å². The summed E-state index contributed by atoms with van der Waals surface area (Å²) >= 11 is 0. The van der Waals surface area contributed by atoms with Gasteiger partial charge in [-0.2, -0.15) is 0 Å². The third-order valence-electron chi connectivity index (χ3n) is 2.58. The van der Waals surface area contributed by atoms with Crippen LogP contribution in [0.4, 0.5) is 0 Å². The molecule has 2 N–H and O–H groups in total. The number of rotatable bonds is 6. The molecule has 0 spiro atoms. The minimum absolute atomic E-state index is 0.0733. The van der Waals surface area contributed by atoms with E-state index < -0.39 is 9.84 Å². The number of aryl methyl sites for hydroxylation is 1. The molecule has 1 aromatic rings. The van der Waals surface area contributed by atoms with Gasteiger partial charge in [-0.3, -0.25) is 0 Å². The Balaban J connectivity index is 2.55. The van der Waals surface area contributed by atoms with Crippen molar-refractivity contribution in [1.29, 1.82) is 0 Å². The van der Waals surface area contributed by atoms with E-state index in [1.165, 1.54) is 0 Å². The van der Waals surface area contributed by atoms with Gasteiger partial charge in [0.15, 0.2) is 9.84 Å². The van der Waals surface area contributed by atoms with Crippen LogP contribution in [-0.2, 0) is 15.6 Å². The van der Waals surface area contributed by atoms with Gasteiger partial charge in [-0.25, -0.2) is 8.42 Å². The first-order valence-electron chi connectivity index (χ1n) is 5.90. The molecule has 0 aromatic heterocycles. The Morgan fingerprint density at radius 2 is 2.06 bits per heavy atom. The molecule has 0 radical (unpaired) electrons. The fraction of sp³-hybridized carbons (Fsp3) is 0.538. The van der Waals surface area contributed by atoms with Crippen LogP contribution >= 0.6 is 0 Å². The Morgan fingerprint density at radius 1 is 1.35 bits per heavy atom. The summed E-state index contributed by atoms with van der Waals surface area (Å²) in [6.45, 7) is 3.86. The molecule has 3 nitrogen and oxygen atoms in total. The van der Waals surface area contributed by atoms with Gasteiger partial charge < -0.3 is 5.73 Å². The van der Waals surface area contributed by atoms with Crippen LogP contribution in [0.3, 0.4) is 0 Å². The minimum Gasteiger partial charge on any atom is -0.328 e. The van der Waals surface area contributed by atoms with E-state index in [9.17, 15) is 8.42 Å². The van der Waals surface area contributed by atoms with Crippen molar-refractivity contribution in [3.8, 4) is 0 Å². The van der Waals surface area contributed by atoms with Crippen molar-refractivity contribution in [3.63, 3.8) is 0 Å². The third-order valence-corrected chi connectivity index (χ3v) is 4.27. The zero-order valence-corrected chi connectivity index (χ0v) is 11.3. The van der Waals surface area contributed by atoms with Crippen LogP contribution in [0.1, 0.15) is 30.9 Å². The van der Waals surface area contributed by atoms with Crippen molar-refractivity contribution in [2.75, 3.05) is 5.75 Å². The molecule has 17 heavy (non-hydrogen) atoms. The van der Waals surface area contributed by atoms with Gasteiger partial charge in [-0.15, -0.1) is 0 Å². The molecule has 0 aliphatic rings. The summed E-state index contributed by atoms with van der Waals surface area (Å²) in [5.74, 6) is 0.357. The predicted molar refractivity (Wildman–Crippen MR) is 71.6 cm³/mol. The highest BCUT2D eigenvalue weighted by molar-refractivity contribution is 7.90. The first-order valence-corrected chi connectivity index (χ1v) is 7.73. The van der Waals surface area contributed by atoms with Gasteiger partial charge in [0.2, 0.25) is 0 Å². The zero-order chi connectivity index (χ0) is 12.9. The second kappa shape index (κ2) is 6.17. The lowest BCUT2D eigenvalue weighted by molar-refractivity contribution is 0.584. The van der Waals surface area contributed by atoms with Crippen LogP contribution in [0.2, 0.25) is 0 Å². The fourth-order valence-corrected chi connectivity index (χ4v) is 3.19. The lowest BCUT2D eigenvalue weighted by atomic mass is 10.2. The number of sulfone groups is 1. The largest absolute Gasteiger partial charge is 0.328 e. The van der Waals surface area contributed by atoms with Crippen LogP contribution in [0.5, 0.6) is 0 Å². The average molecular weight is 255 g/mol. The van der Waals surface area contributed by atoms with Crippen LogP contribution < -0.4 is 5.73 Å². The predicted octanol–water partition coefficient (Wildman–Crippen LogP) is 2.04. The summed E-state index contributed by atoms with van der Waals surface area (Å²) in [6, 6.07) is 7.71. The minimum atomic E-state index is -3.00. The molecule has 0 saturated heterocycles. The molecule has 1 aromatic carbocycles. The molecule has 4 heteroatoms. The standard InChI is InChI=1S/C13H21NO2S/c1-11-5-3-7-13(9-11)10-17(15,16)8-4-6-12(2)14/h3,5,7,9,12H,4,6,8,10,14H2,1-2H3. The molecule has 1 rings (SSSR count). The lowest BCUT2D eigenvalue weighted by Gasteiger charge is -2.07. The molecular weight excluding hydrogens is 234 g/mol. The summed E-state index contributed by atoms with van der Waals surface area (Å²) in [6.07, 6.45) is 1.40. The van der Waals surface area contributed by atoms with Gasteiger partial charge in [-0.05, 0) is 32.3 Å². The first kappa shape index (κ1) is 14.2. The highest BCUT2D eigenvalue weighted by Crippen LogP contribution is 2.10. The monoisotopic (exact) mass is 255 g/mol. The van der Waals surface area contributed by atoms with Crippen LogP contribution in [0.25, 0.3) is 0 Å². The number of hydrogen-bond donors (Lipinski definition) is 1. The average Bonchev–Trinajstić information content (AvgIpc) is 2.15. The van der Waals surface area contributed by atoms with Gasteiger partial charge in [0.05, 0.1) is 11.5 Å². The van der Waals surface area contributed by atoms with Crippen LogP contribution in [0, 0.1) is 6.92 Å². The second-order valence-corrected chi connectivity index (χ2v) is 6.88. The molecule has 0 aliphatic carbocycles. The Kier molecular flexibility index (Phi) is 5.15. The van der Waals surface area contributed by atoms with E-state index in [1.807, 2.05) is 38.1 Å². The summed E-state index contributed by atoms with van der Waals surface area (Å²) in [7, 11) is -3.00. The van der Waals surface area contributed by atoms with E-state index >= 15 is 0 Å². The Morgan fingerprint density at radius 3 is 2.65 bits per heavy atom. The smallest absolute Gasteiger partial charge is 0.154 e. The van der Waals surface area contributed by atoms with Crippen LogP contribution in [0.15, 0.2) is 24.3 Å². The molecule has 1 unspecified atom stereocenters. The van der Waals surface area contributed by atoms with Crippen molar-refractivity contribution < 1.29 is 8.42 Å². The summed E-state index contributed by atoms with van der Waals surface area (Å²) < 4.78 is 23.7. The Hall–Kier alpha value is -0.870. The first-order chi connectivity index (χ1) is 7.89. The van der Waals surface area contributed by atoms with E-state index in [2.05, 4.69) is 0 Å². The highest BCUT2D eigenvalue weighted by atomic mass is 32.2. The molecule has 0 aliphatic heterocycles. The molecule has 0 fully saturated rings. The molecule has 0 heterocycles. The van der Waals surface area contributed by atoms with Crippen molar-refractivity contribution in [2.24, 2.45) is 5.73 Å². The molecule has 0 saturated carbocycles. The molecule has 0 amide bonds. The fourth-order valence-electron chi connectivity index (χ4n) is 1.75. The van der Waals surface area contributed by atoms with E-state index in [0.717, 1.165) is 17.5 Å². The van der Waals surface area contributed by atoms with Crippen molar-refractivity contribution in [1.82, 2.24) is 0 Å². The lowest BCUT2D eigenvalue weighted by Crippen LogP contribution is -2.17. The molecular formula is C13H21NO2S. The highest BCUT2D eigenvalue weighted by Gasteiger charge is 2.12. The van der Waals surface area contributed by atoms with Crippen molar-refractivity contribution >= 4 is 9.84 Å². The van der Waals surface area contributed by atoms with E-state index in [4.69, 9.17) is 5.73 Å². The quantitative estimate of drug-likeness (QED) is 0.846. The van der Waals surface area contributed by atoms with E-state index in [0.29, 0.717) is 6.42 Å². The summed E-state index contributed by atoms with van der Waals surface area (Å²) in [5.41, 5.74) is 7.56. The topological polar surface area (TPSA) is 60.2 Å². The molecule has 96 valence electrons. The van der Waals surface area contributed by atoms with Gasteiger partial charge in [0.1, 0.15) is 0 Å². The normalized spacial score (nSPS) is 13.6. The van der Waals surface area contributed by atoms with E-state index in [-0.39, 0.29) is 17.5 Å². The number of hydrogen-bond acceptors (Lipinski definition) is 3. The van der Waals surface area contributed by atoms with Gasteiger partial charge in [0.25, 0.3) is 0 Å². The maximum atomic E-state index is 11.9. The number of nitrogens with two attached hydrogens (primary N) is 1. The maximum absolute atomic E-state index is 11.9. The van der Waals surface area contributed by atoms with E-state index in [1.54, 1.807) is 0 Å². The van der Waals surface area contributed by atoms with Crippen molar-refractivity contribution in [3.05, 3.63) is 35.4 Å². The van der Waals surface area contributed by atoms with Crippen molar-refractivity contribution in [2.45, 2.75) is 38.5 Å². The molecule has 1 atom stereocenters. The third kappa shape index (κ3) is 5.84. The Bertz CT molecular complexity index is 452. The number of benzene rings is 1. The zero-order valence-electron chi connectivity index (χ0n) is 10.5. The van der Waals surface area contributed by atoms with Gasteiger partial charge in [0, 0.05) is 6.04 Å². The maximum Gasteiger partial charge on any atom is 0.154 e. The SMILES string of the molecule is Cc1cccc(CS(=O)(=O)CCCC(C)N)c1. The summed E-state index contributed by atoms with van der Waals surface area (Å²) in [4.78, 5) is 0. The van der Waals surface area contributed by atoms with Gasteiger partial charge in [-0.1, -0.05) is 29.8 Å². The second-order valence-electron chi connectivity index (χ2n) is 4.70.